The number of urea groups is 1. The lowest BCUT2D eigenvalue weighted by Crippen LogP contribution is -2.46. The van der Waals surface area contributed by atoms with Crippen molar-refractivity contribution in [2.45, 2.75) is 31.0 Å². The van der Waals surface area contributed by atoms with E-state index in [2.05, 4.69) is 22.8 Å². The minimum Gasteiger partial charge on any atom is -0.491 e. The number of carbonyl (C=O) groups is 1. The zero-order chi connectivity index (χ0) is 17.1. The van der Waals surface area contributed by atoms with E-state index in [-0.39, 0.29) is 24.2 Å². The molecule has 0 bridgehead atoms. The first-order chi connectivity index (χ1) is 12.3. The maximum absolute atomic E-state index is 12.4. The third-order valence-electron chi connectivity index (χ3n) is 4.80. The Kier molecular flexibility index (Phi) is 4.57. The molecule has 130 valence electrons. The molecular formula is C20H22N2O3. The second-order valence-electron chi connectivity index (χ2n) is 6.51. The van der Waals surface area contributed by atoms with Crippen LogP contribution in [0.4, 0.5) is 4.79 Å². The normalized spacial score (nSPS) is 24.9. The van der Waals surface area contributed by atoms with Gasteiger partial charge in [0.05, 0.1) is 12.1 Å². The molecule has 2 aromatic rings. The van der Waals surface area contributed by atoms with Gasteiger partial charge in [-0.2, -0.15) is 0 Å². The minimum atomic E-state index is -0.149. The van der Waals surface area contributed by atoms with Crippen molar-refractivity contribution >= 4 is 6.03 Å². The topological polar surface area (TPSA) is 59.6 Å². The van der Waals surface area contributed by atoms with Gasteiger partial charge in [-0.3, -0.25) is 0 Å². The summed E-state index contributed by atoms with van der Waals surface area (Å²) in [4.78, 5) is 12.4. The van der Waals surface area contributed by atoms with Crippen LogP contribution in [0.25, 0.3) is 0 Å². The number of ether oxygens (including phenoxy) is 2. The van der Waals surface area contributed by atoms with Gasteiger partial charge in [0.1, 0.15) is 12.4 Å². The van der Waals surface area contributed by atoms with Crippen molar-refractivity contribution in [1.29, 1.82) is 0 Å². The summed E-state index contributed by atoms with van der Waals surface area (Å²) in [6, 6.07) is 17.8. The molecule has 4 rings (SSSR count). The highest BCUT2D eigenvalue weighted by Gasteiger charge is 2.28. The lowest BCUT2D eigenvalue weighted by atomic mass is 9.97. The number of benzene rings is 2. The lowest BCUT2D eigenvalue weighted by Gasteiger charge is -2.30. The van der Waals surface area contributed by atoms with E-state index in [1.165, 1.54) is 0 Å². The fourth-order valence-corrected chi connectivity index (χ4v) is 3.50. The Balaban J connectivity index is 1.34. The molecule has 1 fully saturated rings. The van der Waals surface area contributed by atoms with E-state index in [9.17, 15) is 4.79 Å². The van der Waals surface area contributed by atoms with E-state index in [0.29, 0.717) is 13.2 Å². The van der Waals surface area contributed by atoms with Crippen molar-refractivity contribution in [2.75, 3.05) is 13.2 Å². The van der Waals surface area contributed by atoms with E-state index in [1.807, 2.05) is 42.5 Å². The maximum atomic E-state index is 12.4. The summed E-state index contributed by atoms with van der Waals surface area (Å²) >= 11 is 0. The molecule has 0 spiro atoms. The van der Waals surface area contributed by atoms with Crippen molar-refractivity contribution in [2.24, 2.45) is 0 Å². The molecule has 25 heavy (non-hydrogen) atoms. The summed E-state index contributed by atoms with van der Waals surface area (Å²) in [5.41, 5.74) is 2.19. The summed E-state index contributed by atoms with van der Waals surface area (Å²) in [5, 5.41) is 6.11. The monoisotopic (exact) mass is 338 g/mol. The molecule has 0 unspecified atom stereocenters. The van der Waals surface area contributed by atoms with Crippen LogP contribution >= 0.6 is 0 Å². The average Bonchev–Trinajstić information content (AvgIpc) is 3.06. The smallest absolute Gasteiger partial charge is 0.315 e. The van der Waals surface area contributed by atoms with E-state index < -0.39 is 0 Å². The van der Waals surface area contributed by atoms with Crippen molar-refractivity contribution in [3.63, 3.8) is 0 Å². The Morgan fingerprint density at radius 3 is 2.68 bits per heavy atom. The molecule has 0 aromatic heterocycles. The van der Waals surface area contributed by atoms with Gasteiger partial charge in [0.25, 0.3) is 0 Å². The summed E-state index contributed by atoms with van der Waals surface area (Å²) in [5.74, 6) is 0.850. The minimum absolute atomic E-state index is 0.0378. The van der Waals surface area contributed by atoms with Crippen molar-refractivity contribution in [3.05, 3.63) is 65.7 Å². The average molecular weight is 338 g/mol. The third-order valence-corrected chi connectivity index (χ3v) is 4.80. The molecule has 2 N–H and O–H groups in total. The van der Waals surface area contributed by atoms with Crippen LogP contribution < -0.4 is 15.4 Å². The van der Waals surface area contributed by atoms with Gasteiger partial charge in [-0.25, -0.2) is 4.79 Å². The summed E-state index contributed by atoms with van der Waals surface area (Å²) < 4.78 is 11.5. The molecule has 0 saturated carbocycles. The van der Waals surface area contributed by atoms with Gasteiger partial charge >= 0.3 is 6.03 Å². The number of hydrogen-bond donors (Lipinski definition) is 2. The molecule has 0 aliphatic carbocycles. The molecule has 2 aliphatic rings. The number of para-hydroxylation sites is 1. The summed E-state index contributed by atoms with van der Waals surface area (Å²) in [7, 11) is 0. The van der Waals surface area contributed by atoms with Gasteiger partial charge in [-0.1, -0.05) is 48.5 Å². The third kappa shape index (κ3) is 3.61. The number of fused-ring (bicyclic) bond motifs is 1. The Bertz CT molecular complexity index is 735. The Labute approximate surface area is 147 Å². The number of rotatable bonds is 3. The predicted octanol–water partition coefficient (Wildman–Crippen LogP) is 3.34. The molecule has 0 radical (unpaired) electrons. The summed E-state index contributed by atoms with van der Waals surface area (Å²) in [6.45, 7) is 1.13. The number of carbonyl (C=O) groups excluding carboxylic acids is 1. The van der Waals surface area contributed by atoms with Gasteiger partial charge in [0.15, 0.2) is 0 Å². The van der Waals surface area contributed by atoms with Gasteiger partial charge < -0.3 is 20.1 Å². The molecule has 2 aliphatic heterocycles. The van der Waals surface area contributed by atoms with Gasteiger partial charge in [-0.15, -0.1) is 0 Å². The Hall–Kier alpha value is -2.53. The van der Waals surface area contributed by atoms with E-state index in [1.54, 1.807) is 0 Å². The molecule has 2 heterocycles. The van der Waals surface area contributed by atoms with Crippen LogP contribution in [0.2, 0.25) is 0 Å². The quantitative estimate of drug-likeness (QED) is 0.902. The van der Waals surface area contributed by atoms with Crippen LogP contribution in [-0.2, 0) is 4.74 Å². The highest BCUT2D eigenvalue weighted by molar-refractivity contribution is 5.75. The SMILES string of the molecule is O=C(N[C@@H]1CCO[C@@H](c2ccccc2)C1)N[C@H]1COc2ccccc21. The van der Waals surface area contributed by atoms with Crippen LogP contribution in [0.5, 0.6) is 5.75 Å². The fraction of sp³-hybridized carbons (Fsp3) is 0.350. The van der Waals surface area contributed by atoms with Gasteiger partial charge in [0, 0.05) is 18.2 Å². The van der Waals surface area contributed by atoms with Crippen LogP contribution in [0.1, 0.15) is 36.1 Å². The van der Waals surface area contributed by atoms with Crippen LogP contribution in [-0.4, -0.2) is 25.3 Å². The number of amides is 2. The Morgan fingerprint density at radius 1 is 1.00 bits per heavy atom. The summed E-state index contributed by atoms with van der Waals surface area (Å²) in [6.07, 6.45) is 1.65. The van der Waals surface area contributed by atoms with Crippen LogP contribution in [0.15, 0.2) is 54.6 Å². The zero-order valence-corrected chi connectivity index (χ0v) is 14.0. The van der Waals surface area contributed by atoms with E-state index >= 15 is 0 Å². The largest absolute Gasteiger partial charge is 0.491 e. The molecule has 5 nitrogen and oxygen atoms in total. The van der Waals surface area contributed by atoms with Crippen LogP contribution in [0, 0.1) is 0 Å². The highest BCUT2D eigenvalue weighted by Crippen LogP contribution is 2.32. The second-order valence-corrected chi connectivity index (χ2v) is 6.51. The number of nitrogens with one attached hydrogen (secondary N) is 2. The van der Waals surface area contributed by atoms with E-state index in [0.717, 1.165) is 29.7 Å². The molecular weight excluding hydrogens is 316 g/mol. The molecule has 3 atom stereocenters. The molecule has 5 heteroatoms. The Morgan fingerprint density at radius 2 is 1.80 bits per heavy atom. The van der Waals surface area contributed by atoms with Crippen molar-refractivity contribution in [3.8, 4) is 5.75 Å². The second kappa shape index (κ2) is 7.15. The van der Waals surface area contributed by atoms with Crippen LogP contribution in [0.3, 0.4) is 0 Å². The highest BCUT2D eigenvalue weighted by atomic mass is 16.5. The molecule has 2 aromatic carbocycles. The van der Waals surface area contributed by atoms with Gasteiger partial charge in [0.2, 0.25) is 0 Å². The maximum Gasteiger partial charge on any atom is 0.315 e. The number of hydrogen-bond acceptors (Lipinski definition) is 3. The molecule has 2 amide bonds. The van der Waals surface area contributed by atoms with Crippen molar-refractivity contribution in [1.82, 2.24) is 10.6 Å². The standard InChI is InChI=1S/C20H22N2O3/c23-20(22-17-13-25-18-9-5-4-8-16(17)18)21-15-10-11-24-19(12-15)14-6-2-1-3-7-14/h1-9,15,17,19H,10-13H2,(H2,21,22,23)/t15-,17+,19-/m1/s1. The first-order valence-electron chi connectivity index (χ1n) is 8.75. The van der Waals surface area contributed by atoms with E-state index in [4.69, 9.17) is 9.47 Å². The molecule has 1 saturated heterocycles. The lowest BCUT2D eigenvalue weighted by molar-refractivity contribution is 0.00220. The first kappa shape index (κ1) is 16.0. The van der Waals surface area contributed by atoms with Crippen molar-refractivity contribution < 1.29 is 14.3 Å². The first-order valence-corrected chi connectivity index (χ1v) is 8.75. The predicted molar refractivity (Wildman–Crippen MR) is 94.5 cm³/mol. The zero-order valence-electron chi connectivity index (χ0n) is 14.0. The van der Waals surface area contributed by atoms with Gasteiger partial charge in [-0.05, 0) is 24.5 Å². The fourth-order valence-electron chi connectivity index (χ4n) is 3.50.